The predicted molar refractivity (Wildman–Crippen MR) is 100 cm³/mol. The number of nitro benzene ring substituents is 1. The van der Waals surface area contributed by atoms with E-state index in [1.54, 1.807) is 11.3 Å². The second-order valence-corrected chi connectivity index (χ2v) is 9.59. The van der Waals surface area contributed by atoms with Crippen LogP contribution in [0.3, 0.4) is 0 Å². The van der Waals surface area contributed by atoms with E-state index in [1.807, 2.05) is 11.4 Å². The normalized spacial score (nSPS) is 16.7. The molecule has 0 unspecified atom stereocenters. The summed E-state index contributed by atoms with van der Waals surface area (Å²) in [5.74, 6) is 0. The largest absolute Gasteiger partial charge is 0.328 e. The van der Waals surface area contributed by atoms with E-state index in [-0.39, 0.29) is 21.2 Å². The van der Waals surface area contributed by atoms with Gasteiger partial charge in [-0.3, -0.25) is 10.1 Å². The minimum absolute atomic E-state index is 0.0831. The Morgan fingerprint density at radius 2 is 2.04 bits per heavy atom. The molecule has 0 aliphatic carbocycles. The van der Waals surface area contributed by atoms with Crippen molar-refractivity contribution in [2.45, 2.75) is 18.4 Å². The first-order valence-corrected chi connectivity index (χ1v) is 10.8. The molecule has 0 atom stereocenters. The molecule has 1 aliphatic heterocycles. The molecule has 0 bridgehead atoms. The van der Waals surface area contributed by atoms with Gasteiger partial charge in [0.15, 0.2) is 0 Å². The van der Waals surface area contributed by atoms with Crippen molar-refractivity contribution in [1.82, 2.24) is 4.31 Å². The number of nitrogens with one attached hydrogen (secondary N) is 1. The summed E-state index contributed by atoms with van der Waals surface area (Å²) in [6, 6.07) is 6.48. The highest BCUT2D eigenvalue weighted by Crippen LogP contribution is 2.30. The summed E-state index contributed by atoms with van der Waals surface area (Å²) in [6.07, 6.45) is 0. The van der Waals surface area contributed by atoms with Gasteiger partial charge in [-0.15, -0.1) is 11.3 Å². The van der Waals surface area contributed by atoms with E-state index in [0.29, 0.717) is 26.2 Å². The van der Waals surface area contributed by atoms with Gasteiger partial charge in [-0.2, -0.15) is 4.31 Å². The zero-order valence-corrected chi connectivity index (χ0v) is 16.5. The Kier molecular flexibility index (Phi) is 5.64. The van der Waals surface area contributed by atoms with E-state index in [1.165, 1.54) is 27.1 Å². The molecular formula is C16H19ClN3O4S2+. The van der Waals surface area contributed by atoms with Crippen LogP contribution in [-0.2, 0) is 16.6 Å². The second-order valence-electron chi connectivity index (χ2n) is 6.22. The van der Waals surface area contributed by atoms with E-state index >= 15 is 0 Å². The third-order valence-corrected chi connectivity index (χ3v) is 7.70. The zero-order valence-electron chi connectivity index (χ0n) is 14.1. The molecule has 1 N–H and O–H groups in total. The minimum atomic E-state index is -3.81. The van der Waals surface area contributed by atoms with Crippen molar-refractivity contribution < 1.29 is 18.2 Å². The van der Waals surface area contributed by atoms with Crippen LogP contribution in [0.15, 0.2) is 34.5 Å². The van der Waals surface area contributed by atoms with Gasteiger partial charge in [0.1, 0.15) is 6.54 Å². The molecule has 2 heterocycles. The van der Waals surface area contributed by atoms with Crippen molar-refractivity contribution >= 4 is 38.6 Å². The molecule has 3 rings (SSSR count). The molecule has 140 valence electrons. The van der Waals surface area contributed by atoms with Crippen LogP contribution in [-0.4, -0.2) is 43.8 Å². The average Bonchev–Trinajstić information content (AvgIpc) is 3.10. The number of piperazine rings is 1. The van der Waals surface area contributed by atoms with Gasteiger partial charge in [0.2, 0.25) is 10.0 Å². The van der Waals surface area contributed by atoms with Gasteiger partial charge >= 0.3 is 0 Å². The topological polar surface area (TPSA) is 85.0 Å². The fourth-order valence-corrected chi connectivity index (χ4v) is 5.55. The highest BCUT2D eigenvalue weighted by Gasteiger charge is 2.32. The number of thiophene rings is 1. The quantitative estimate of drug-likeness (QED) is 0.594. The lowest BCUT2D eigenvalue weighted by Gasteiger charge is -2.31. The predicted octanol–water partition coefficient (Wildman–Crippen LogP) is 1.71. The van der Waals surface area contributed by atoms with E-state index < -0.39 is 14.9 Å². The molecule has 1 aliphatic rings. The van der Waals surface area contributed by atoms with Crippen molar-refractivity contribution in [2.75, 3.05) is 26.2 Å². The summed E-state index contributed by atoms with van der Waals surface area (Å²) in [5, 5.41) is 13.3. The van der Waals surface area contributed by atoms with Gasteiger partial charge in [0.05, 0.1) is 45.9 Å². The van der Waals surface area contributed by atoms with Crippen molar-refractivity contribution in [2.24, 2.45) is 0 Å². The average molecular weight is 417 g/mol. The standard InChI is InChI=1S/C16H18ClN3O4S2/c1-12-15(17)9-14(10-16(12)20(21)22)26(23,24)19-6-4-18(5-7-19)11-13-3-2-8-25-13/h2-3,8-10H,4-7,11H2,1H3/p+1. The van der Waals surface area contributed by atoms with Crippen molar-refractivity contribution in [3.05, 3.63) is 55.2 Å². The maximum absolute atomic E-state index is 12.9. The summed E-state index contributed by atoms with van der Waals surface area (Å²) >= 11 is 7.72. The van der Waals surface area contributed by atoms with E-state index in [2.05, 4.69) is 6.07 Å². The Labute approximate surface area is 161 Å². The number of hydrogen-bond donors (Lipinski definition) is 1. The smallest absolute Gasteiger partial charge is 0.275 e. The lowest BCUT2D eigenvalue weighted by atomic mass is 10.2. The minimum Gasteiger partial charge on any atom is -0.328 e. The van der Waals surface area contributed by atoms with Crippen LogP contribution in [0, 0.1) is 17.0 Å². The molecule has 1 aromatic carbocycles. The number of nitro groups is 1. The van der Waals surface area contributed by atoms with E-state index in [4.69, 9.17) is 11.6 Å². The van der Waals surface area contributed by atoms with Crippen molar-refractivity contribution in [3.8, 4) is 0 Å². The number of nitrogens with zero attached hydrogens (tertiary/aromatic N) is 2. The van der Waals surface area contributed by atoms with Gasteiger partial charge < -0.3 is 4.90 Å². The monoisotopic (exact) mass is 416 g/mol. The first-order chi connectivity index (χ1) is 12.3. The Morgan fingerprint density at radius 3 is 2.62 bits per heavy atom. The molecule has 0 amide bonds. The number of halogens is 1. The summed E-state index contributed by atoms with van der Waals surface area (Å²) in [5.41, 5.74) is -0.0149. The van der Waals surface area contributed by atoms with Crippen LogP contribution >= 0.6 is 22.9 Å². The zero-order chi connectivity index (χ0) is 18.9. The molecule has 26 heavy (non-hydrogen) atoms. The Hall–Kier alpha value is -1.52. The van der Waals surface area contributed by atoms with Crippen molar-refractivity contribution in [1.29, 1.82) is 0 Å². The molecule has 0 spiro atoms. The summed E-state index contributed by atoms with van der Waals surface area (Å²) in [7, 11) is -3.81. The third kappa shape index (κ3) is 3.91. The maximum Gasteiger partial charge on any atom is 0.275 e. The number of rotatable bonds is 5. The first-order valence-electron chi connectivity index (χ1n) is 8.09. The van der Waals surface area contributed by atoms with Crippen LogP contribution in [0.2, 0.25) is 5.02 Å². The molecular weight excluding hydrogens is 398 g/mol. The number of hydrogen-bond acceptors (Lipinski definition) is 5. The summed E-state index contributed by atoms with van der Waals surface area (Å²) < 4.78 is 27.2. The van der Waals surface area contributed by atoms with Crippen LogP contribution in [0.1, 0.15) is 10.4 Å². The molecule has 7 nitrogen and oxygen atoms in total. The number of quaternary nitrogens is 1. The van der Waals surface area contributed by atoms with Crippen LogP contribution in [0.25, 0.3) is 0 Å². The van der Waals surface area contributed by atoms with Crippen LogP contribution in [0.5, 0.6) is 0 Å². The van der Waals surface area contributed by atoms with Gasteiger partial charge in [-0.1, -0.05) is 17.7 Å². The SMILES string of the molecule is Cc1c(Cl)cc(S(=O)(=O)N2CC[NH+](Cc3cccs3)CC2)cc1[N+](=O)[O-]. The third-order valence-electron chi connectivity index (χ3n) is 4.56. The Balaban J connectivity index is 1.76. The first kappa shape index (κ1) is 19.2. The molecule has 1 aromatic heterocycles. The highest BCUT2D eigenvalue weighted by molar-refractivity contribution is 7.89. The number of benzene rings is 1. The summed E-state index contributed by atoms with van der Waals surface area (Å²) in [6.45, 7) is 4.53. The fraction of sp³-hybridized carbons (Fsp3) is 0.375. The summed E-state index contributed by atoms with van der Waals surface area (Å²) in [4.78, 5) is 13.0. The molecule has 2 aromatic rings. The molecule has 0 radical (unpaired) electrons. The van der Waals surface area contributed by atoms with Crippen molar-refractivity contribution in [3.63, 3.8) is 0 Å². The van der Waals surface area contributed by atoms with E-state index in [0.717, 1.165) is 12.6 Å². The van der Waals surface area contributed by atoms with Crippen LogP contribution in [0.4, 0.5) is 5.69 Å². The lowest BCUT2D eigenvalue weighted by Crippen LogP contribution is -3.13. The lowest BCUT2D eigenvalue weighted by molar-refractivity contribution is -0.917. The molecule has 0 saturated carbocycles. The Bertz CT molecular complexity index is 908. The van der Waals surface area contributed by atoms with E-state index in [9.17, 15) is 18.5 Å². The second kappa shape index (κ2) is 7.61. The number of sulfonamides is 1. The molecule has 1 saturated heterocycles. The molecule has 10 heteroatoms. The fourth-order valence-electron chi connectivity index (χ4n) is 3.01. The van der Waals surface area contributed by atoms with Crippen LogP contribution < -0.4 is 4.90 Å². The maximum atomic E-state index is 12.9. The van der Waals surface area contributed by atoms with Gasteiger partial charge in [0.25, 0.3) is 5.69 Å². The Morgan fingerprint density at radius 1 is 1.35 bits per heavy atom. The van der Waals surface area contributed by atoms with Gasteiger partial charge in [-0.25, -0.2) is 8.42 Å². The highest BCUT2D eigenvalue weighted by atomic mass is 35.5. The molecule has 1 fully saturated rings. The van der Waals surface area contributed by atoms with Gasteiger partial charge in [-0.05, 0) is 24.4 Å². The van der Waals surface area contributed by atoms with Gasteiger partial charge in [0, 0.05) is 11.6 Å².